The van der Waals surface area contributed by atoms with E-state index in [1.165, 1.54) is 24.3 Å². The molecular formula is C24H20FN3O5. The lowest BCUT2D eigenvalue weighted by Crippen LogP contribution is -2.16. The molecule has 0 saturated heterocycles. The summed E-state index contributed by atoms with van der Waals surface area (Å²) in [4.78, 5) is 41.4. The number of rotatable bonds is 5. The lowest BCUT2D eigenvalue weighted by molar-refractivity contribution is 0.0467. The first kappa shape index (κ1) is 21.9. The van der Waals surface area contributed by atoms with Gasteiger partial charge in [0.25, 0.3) is 11.5 Å². The smallest absolute Gasteiger partial charge is 0.338 e. The van der Waals surface area contributed by atoms with Crippen LogP contribution in [-0.4, -0.2) is 21.4 Å². The van der Waals surface area contributed by atoms with Crippen molar-refractivity contribution < 1.29 is 23.2 Å². The SMILES string of the molecule is Cc1cc2nc(COC(=O)c3ccc(C)c(NC(=O)c4ccc(C)c(F)c4)c3)cc(=O)n2o1. The van der Waals surface area contributed by atoms with Crippen molar-refractivity contribution in [2.24, 2.45) is 0 Å². The number of anilines is 1. The monoisotopic (exact) mass is 449 g/mol. The Kier molecular flexibility index (Phi) is 5.78. The van der Waals surface area contributed by atoms with Gasteiger partial charge in [-0.05, 0) is 56.2 Å². The lowest BCUT2D eigenvalue weighted by atomic mass is 10.1. The minimum Gasteiger partial charge on any atom is -0.456 e. The van der Waals surface area contributed by atoms with Crippen LogP contribution in [0, 0.1) is 26.6 Å². The topological polar surface area (TPSA) is 103 Å². The average molecular weight is 449 g/mol. The van der Waals surface area contributed by atoms with E-state index in [9.17, 15) is 18.8 Å². The summed E-state index contributed by atoms with van der Waals surface area (Å²) in [5.74, 6) is -1.11. The fourth-order valence-corrected chi connectivity index (χ4v) is 3.18. The number of carbonyl (C=O) groups is 2. The van der Waals surface area contributed by atoms with Crippen LogP contribution in [0.3, 0.4) is 0 Å². The van der Waals surface area contributed by atoms with E-state index in [0.717, 1.165) is 10.6 Å². The van der Waals surface area contributed by atoms with Crippen molar-refractivity contribution in [1.82, 2.24) is 9.56 Å². The Labute approximate surface area is 187 Å². The standard InChI is InChI=1S/C24H20FN3O5/c1-13-4-6-16(9-19(13)25)23(30)27-20-10-17(7-5-14(20)2)24(31)32-12-18-11-22(29)28-21(26-18)8-15(3)33-28/h4-11H,12H2,1-3H3,(H,27,30). The Morgan fingerprint density at radius 2 is 1.76 bits per heavy atom. The number of nitrogens with one attached hydrogen (secondary N) is 1. The second kappa shape index (κ2) is 8.70. The molecular weight excluding hydrogens is 429 g/mol. The van der Waals surface area contributed by atoms with Crippen LogP contribution >= 0.6 is 0 Å². The second-order valence-electron chi connectivity index (χ2n) is 7.61. The Morgan fingerprint density at radius 1 is 1.03 bits per heavy atom. The van der Waals surface area contributed by atoms with Gasteiger partial charge in [-0.25, -0.2) is 14.2 Å². The number of hydrogen-bond acceptors (Lipinski definition) is 6. The molecule has 168 valence electrons. The molecule has 0 aliphatic rings. The molecule has 0 spiro atoms. The highest BCUT2D eigenvalue weighted by Gasteiger charge is 2.15. The minimum absolute atomic E-state index is 0.160. The summed E-state index contributed by atoms with van der Waals surface area (Å²) in [6, 6.07) is 11.7. The van der Waals surface area contributed by atoms with E-state index in [1.807, 2.05) is 0 Å². The number of ether oxygens (including phenoxy) is 1. The van der Waals surface area contributed by atoms with Crippen molar-refractivity contribution in [2.45, 2.75) is 27.4 Å². The van der Waals surface area contributed by atoms with E-state index in [-0.39, 0.29) is 23.4 Å². The molecule has 1 amide bonds. The fourth-order valence-electron chi connectivity index (χ4n) is 3.18. The van der Waals surface area contributed by atoms with Crippen molar-refractivity contribution in [3.8, 4) is 0 Å². The first-order chi connectivity index (χ1) is 15.7. The van der Waals surface area contributed by atoms with Gasteiger partial charge in [-0.3, -0.25) is 9.59 Å². The Bertz CT molecular complexity index is 1450. The predicted octanol–water partition coefficient (Wildman–Crippen LogP) is 3.96. The number of carbonyl (C=O) groups excluding carboxylic acids is 2. The van der Waals surface area contributed by atoms with E-state index < -0.39 is 23.3 Å². The van der Waals surface area contributed by atoms with Crippen LogP contribution in [0.25, 0.3) is 5.65 Å². The fraction of sp³-hybridized carbons (Fsp3) is 0.167. The molecule has 0 atom stereocenters. The van der Waals surface area contributed by atoms with Crippen molar-refractivity contribution in [2.75, 3.05) is 5.32 Å². The van der Waals surface area contributed by atoms with Crippen LogP contribution in [0.15, 0.2) is 57.8 Å². The first-order valence-electron chi connectivity index (χ1n) is 10.1. The number of aryl methyl sites for hydroxylation is 3. The maximum absolute atomic E-state index is 13.8. The minimum atomic E-state index is -0.655. The molecule has 2 aromatic heterocycles. The quantitative estimate of drug-likeness (QED) is 0.463. The third kappa shape index (κ3) is 4.67. The molecule has 4 rings (SSSR count). The summed E-state index contributed by atoms with van der Waals surface area (Å²) in [7, 11) is 0. The normalized spacial score (nSPS) is 10.9. The largest absolute Gasteiger partial charge is 0.456 e. The van der Waals surface area contributed by atoms with Gasteiger partial charge in [-0.2, -0.15) is 0 Å². The summed E-state index contributed by atoms with van der Waals surface area (Å²) >= 11 is 0. The van der Waals surface area contributed by atoms with E-state index >= 15 is 0 Å². The van der Waals surface area contributed by atoms with Crippen LogP contribution in [-0.2, 0) is 11.3 Å². The molecule has 2 aromatic carbocycles. The van der Waals surface area contributed by atoms with Gasteiger partial charge in [0, 0.05) is 23.4 Å². The Balaban J connectivity index is 1.48. The van der Waals surface area contributed by atoms with Crippen molar-refractivity contribution in [1.29, 1.82) is 0 Å². The van der Waals surface area contributed by atoms with Crippen molar-refractivity contribution in [3.63, 3.8) is 0 Å². The molecule has 33 heavy (non-hydrogen) atoms. The molecule has 2 heterocycles. The highest BCUT2D eigenvalue weighted by atomic mass is 19.1. The number of aromatic nitrogens is 2. The number of fused-ring (bicyclic) bond motifs is 1. The van der Waals surface area contributed by atoms with Gasteiger partial charge in [0.2, 0.25) is 0 Å². The number of nitrogens with zero attached hydrogens (tertiary/aromatic N) is 2. The number of hydrogen-bond donors (Lipinski definition) is 1. The van der Waals surface area contributed by atoms with E-state index in [1.54, 1.807) is 39.0 Å². The molecule has 0 unspecified atom stereocenters. The lowest BCUT2D eigenvalue weighted by Gasteiger charge is -2.11. The molecule has 0 bridgehead atoms. The van der Waals surface area contributed by atoms with Gasteiger partial charge in [0.15, 0.2) is 5.65 Å². The number of halogens is 1. The van der Waals surface area contributed by atoms with Crippen LogP contribution in [0.4, 0.5) is 10.1 Å². The predicted molar refractivity (Wildman–Crippen MR) is 118 cm³/mol. The highest BCUT2D eigenvalue weighted by Crippen LogP contribution is 2.20. The number of esters is 1. The summed E-state index contributed by atoms with van der Waals surface area (Å²) in [5, 5.41) is 2.69. The number of amides is 1. The highest BCUT2D eigenvalue weighted by molar-refractivity contribution is 6.05. The van der Waals surface area contributed by atoms with E-state index in [2.05, 4.69) is 10.3 Å². The maximum atomic E-state index is 13.8. The Hall–Kier alpha value is -4.27. The number of benzene rings is 2. The van der Waals surface area contributed by atoms with Gasteiger partial charge in [0.1, 0.15) is 18.2 Å². The van der Waals surface area contributed by atoms with Crippen LogP contribution in [0.1, 0.15) is 43.3 Å². The summed E-state index contributed by atoms with van der Waals surface area (Å²) in [5.41, 5.74) is 2.06. The molecule has 1 N–H and O–H groups in total. The summed E-state index contributed by atoms with van der Waals surface area (Å²) in [6.45, 7) is 4.85. The Morgan fingerprint density at radius 3 is 2.52 bits per heavy atom. The molecule has 9 heteroatoms. The van der Waals surface area contributed by atoms with E-state index in [4.69, 9.17) is 9.26 Å². The molecule has 4 aromatic rings. The summed E-state index contributed by atoms with van der Waals surface area (Å²) in [6.07, 6.45) is 0. The van der Waals surface area contributed by atoms with Crippen LogP contribution < -0.4 is 10.9 Å². The zero-order valence-electron chi connectivity index (χ0n) is 18.1. The van der Waals surface area contributed by atoms with Crippen molar-refractivity contribution >= 4 is 23.2 Å². The molecule has 0 radical (unpaired) electrons. The van der Waals surface area contributed by atoms with Gasteiger partial charge < -0.3 is 14.6 Å². The summed E-state index contributed by atoms with van der Waals surface area (Å²) < 4.78 is 25.4. The van der Waals surface area contributed by atoms with Crippen LogP contribution in [0.2, 0.25) is 0 Å². The third-order valence-corrected chi connectivity index (χ3v) is 5.03. The molecule has 0 aliphatic heterocycles. The molecule has 0 saturated carbocycles. The second-order valence-corrected chi connectivity index (χ2v) is 7.61. The maximum Gasteiger partial charge on any atom is 0.338 e. The van der Waals surface area contributed by atoms with Gasteiger partial charge in [-0.1, -0.05) is 12.1 Å². The van der Waals surface area contributed by atoms with Crippen LogP contribution in [0.5, 0.6) is 0 Å². The molecule has 0 aliphatic carbocycles. The molecule has 8 nitrogen and oxygen atoms in total. The zero-order valence-corrected chi connectivity index (χ0v) is 18.1. The van der Waals surface area contributed by atoms with Gasteiger partial charge >= 0.3 is 5.97 Å². The van der Waals surface area contributed by atoms with Crippen molar-refractivity contribution in [3.05, 3.63) is 98.4 Å². The average Bonchev–Trinajstić information content (AvgIpc) is 3.16. The van der Waals surface area contributed by atoms with Gasteiger partial charge in [-0.15, -0.1) is 4.57 Å². The van der Waals surface area contributed by atoms with E-state index in [0.29, 0.717) is 28.2 Å². The van der Waals surface area contributed by atoms with Gasteiger partial charge in [0.05, 0.1) is 11.3 Å². The molecule has 0 fully saturated rings. The zero-order chi connectivity index (χ0) is 23.7. The third-order valence-electron chi connectivity index (χ3n) is 5.03. The first-order valence-corrected chi connectivity index (χ1v) is 10.1.